The molecule has 2 aliphatic rings. The Morgan fingerprint density at radius 1 is 0.708 bits per heavy atom. The second kappa shape index (κ2) is 24.6. The van der Waals surface area contributed by atoms with Crippen molar-refractivity contribution >= 4 is 45.5 Å². The lowest BCUT2D eigenvalue weighted by molar-refractivity contribution is -0.136. The number of para-hydroxylation sites is 2. The van der Waals surface area contributed by atoms with E-state index >= 15 is 0 Å². The van der Waals surface area contributed by atoms with Crippen LogP contribution in [0.15, 0.2) is 109 Å². The van der Waals surface area contributed by atoms with Crippen LogP contribution in [0.3, 0.4) is 0 Å². The van der Waals surface area contributed by atoms with Crippen molar-refractivity contribution in [3.05, 3.63) is 137 Å². The molecule has 0 aliphatic carbocycles. The molecule has 2 unspecified atom stereocenters. The number of aliphatic carboxylic acids is 1. The number of carbonyl (C=O) groups excluding carboxylic acids is 3. The van der Waals surface area contributed by atoms with Crippen LogP contribution in [0.5, 0.6) is 5.75 Å². The zero-order chi connectivity index (χ0) is 45.4. The zero-order valence-electron chi connectivity index (χ0n) is 37.8. The van der Waals surface area contributed by atoms with Crippen LogP contribution in [-0.4, -0.2) is 113 Å². The Balaban J connectivity index is 0.000000206. The van der Waals surface area contributed by atoms with Gasteiger partial charge in [0, 0.05) is 61.1 Å². The van der Waals surface area contributed by atoms with Crippen molar-refractivity contribution < 1.29 is 29.0 Å². The van der Waals surface area contributed by atoms with Gasteiger partial charge < -0.3 is 39.8 Å². The Hall–Kier alpha value is -6.40. The quantitative estimate of drug-likeness (QED) is 0.0904. The number of aryl methyl sites for hydroxylation is 1. The number of aromatic nitrogens is 2. The van der Waals surface area contributed by atoms with Crippen molar-refractivity contribution in [1.82, 2.24) is 30.0 Å². The van der Waals surface area contributed by atoms with Crippen LogP contribution >= 0.6 is 0 Å². The minimum Gasteiger partial charge on any atom is -0.497 e. The van der Waals surface area contributed by atoms with E-state index in [0.717, 1.165) is 89.8 Å². The predicted molar refractivity (Wildman–Crippen MR) is 261 cm³/mol. The molecule has 8 rings (SSSR count). The first-order chi connectivity index (χ1) is 31.0. The van der Waals surface area contributed by atoms with Crippen LogP contribution < -0.4 is 10.1 Å². The fraction of sp³-hybridized carbons (Fsp3) is 0.396. The number of piperidine rings is 2. The molecule has 2 aliphatic heterocycles. The van der Waals surface area contributed by atoms with Crippen molar-refractivity contribution in [2.24, 2.45) is 11.8 Å². The molecule has 3 amide bonds. The number of nitrogens with zero attached hydrogens (tertiary/aromatic N) is 3. The van der Waals surface area contributed by atoms with Crippen molar-refractivity contribution in [2.75, 3.05) is 59.5 Å². The summed E-state index contributed by atoms with van der Waals surface area (Å²) < 4.78 is 5.19. The highest BCUT2D eigenvalue weighted by molar-refractivity contribution is 5.99. The van der Waals surface area contributed by atoms with Crippen LogP contribution in [0.1, 0.15) is 84.6 Å². The van der Waals surface area contributed by atoms with E-state index in [4.69, 9.17) is 9.84 Å². The number of benzene rings is 4. The summed E-state index contributed by atoms with van der Waals surface area (Å²) >= 11 is 0. The SMILES string of the molecule is C.CCN(CC1CCCN(C(=O)Cc2ccc(OC)cc2)C1)C(=O)c1cc2ccccc2[nH]1.CCN(CC1CCCNC1)C(=O)c1cc2ccccc2[nH]1.Cc1ccc(CC(=O)O)cc1. The van der Waals surface area contributed by atoms with Gasteiger partial charge in [-0.05, 0) is 119 Å². The van der Waals surface area contributed by atoms with E-state index in [0.29, 0.717) is 43.4 Å². The van der Waals surface area contributed by atoms with Gasteiger partial charge in [0.1, 0.15) is 17.1 Å². The first kappa shape index (κ1) is 49.6. The Labute approximate surface area is 384 Å². The van der Waals surface area contributed by atoms with Crippen molar-refractivity contribution in [3.63, 3.8) is 0 Å². The third kappa shape index (κ3) is 14.3. The van der Waals surface area contributed by atoms with Crippen molar-refractivity contribution in [3.8, 4) is 5.75 Å². The Morgan fingerprint density at radius 2 is 1.23 bits per heavy atom. The average Bonchev–Trinajstić information content (AvgIpc) is 3.97. The summed E-state index contributed by atoms with van der Waals surface area (Å²) in [6.45, 7) is 12.6. The number of rotatable bonds is 13. The number of hydrogen-bond donors (Lipinski definition) is 4. The minimum absolute atomic E-state index is 0. The molecule has 0 radical (unpaired) electrons. The molecule has 0 spiro atoms. The van der Waals surface area contributed by atoms with Gasteiger partial charge in [-0.1, -0.05) is 85.8 Å². The van der Waals surface area contributed by atoms with Gasteiger partial charge in [-0.15, -0.1) is 0 Å². The van der Waals surface area contributed by atoms with E-state index < -0.39 is 5.97 Å². The summed E-state index contributed by atoms with van der Waals surface area (Å²) in [4.78, 5) is 61.3. The Kier molecular flexibility index (Phi) is 18.8. The third-order valence-corrected chi connectivity index (χ3v) is 12.1. The monoisotopic (exact) mass is 885 g/mol. The van der Waals surface area contributed by atoms with Gasteiger partial charge in [-0.25, -0.2) is 0 Å². The zero-order valence-corrected chi connectivity index (χ0v) is 37.8. The number of fused-ring (bicyclic) bond motifs is 2. The largest absolute Gasteiger partial charge is 0.497 e. The molecule has 2 saturated heterocycles. The van der Waals surface area contributed by atoms with E-state index in [1.807, 2.05) is 138 Å². The molecular weight excluding hydrogens is 817 g/mol. The fourth-order valence-electron chi connectivity index (χ4n) is 8.48. The maximum absolute atomic E-state index is 13.1. The second-order valence-corrected chi connectivity index (χ2v) is 16.9. The smallest absolute Gasteiger partial charge is 0.307 e. The molecule has 12 nitrogen and oxygen atoms in total. The van der Waals surface area contributed by atoms with Crippen molar-refractivity contribution in [2.45, 2.75) is 66.7 Å². The topological polar surface area (TPSA) is 151 Å². The lowest BCUT2D eigenvalue weighted by atomic mass is 9.96. The number of carbonyl (C=O) groups is 4. The van der Waals surface area contributed by atoms with Gasteiger partial charge in [-0.2, -0.15) is 0 Å². The molecule has 4 heterocycles. The molecule has 4 aromatic carbocycles. The molecular formula is C53H68N6O6. The highest BCUT2D eigenvalue weighted by Gasteiger charge is 2.27. The van der Waals surface area contributed by atoms with Crippen LogP contribution in [0.4, 0.5) is 0 Å². The predicted octanol–water partition coefficient (Wildman–Crippen LogP) is 9.01. The minimum atomic E-state index is -0.783. The molecule has 6 aromatic rings. The first-order valence-electron chi connectivity index (χ1n) is 22.7. The molecule has 4 N–H and O–H groups in total. The number of methoxy groups -OCH3 is 1. The lowest BCUT2D eigenvalue weighted by Crippen LogP contribution is -2.45. The number of nitrogens with one attached hydrogen (secondary N) is 3. The first-order valence-corrected chi connectivity index (χ1v) is 22.7. The van der Waals surface area contributed by atoms with Gasteiger partial charge in [0.25, 0.3) is 11.8 Å². The molecule has 65 heavy (non-hydrogen) atoms. The van der Waals surface area contributed by atoms with Gasteiger partial charge in [0.2, 0.25) is 5.91 Å². The van der Waals surface area contributed by atoms with Crippen molar-refractivity contribution in [1.29, 1.82) is 0 Å². The van der Waals surface area contributed by atoms with E-state index in [-0.39, 0.29) is 37.5 Å². The number of aromatic amines is 2. The number of hydrogen-bond acceptors (Lipinski definition) is 6. The Bertz CT molecular complexity index is 2370. The standard InChI is InChI=1S/C26H31N3O3.C17H23N3O.C9H10O2.CH4/c1-3-28(26(31)24-16-21-8-4-5-9-23(21)27-24)17-20-7-6-14-29(18-20)25(30)15-19-10-12-22(32-2)13-11-19;1-2-20(12-13-6-5-9-18-11-13)17(21)16-10-14-7-3-4-8-15(14)19-16;1-7-2-4-8(5-3-7)6-9(10)11;/h4-5,8-13,16,20,27H,3,6-7,14-15,17-18H2,1-2H3;3-4,7-8,10,13,18-19H,2,5-6,9,11-12H2,1H3;2-5H,6H2,1H3,(H,10,11);1H4. The molecule has 12 heteroatoms. The normalized spacial score (nSPS) is 15.7. The number of carboxylic acid groups (broad SMARTS) is 1. The summed E-state index contributed by atoms with van der Waals surface area (Å²) in [5, 5.41) is 14.0. The number of likely N-dealkylation sites (tertiary alicyclic amines) is 1. The average molecular weight is 885 g/mol. The van der Waals surface area contributed by atoms with Gasteiger partial charge in [0.05, 0.1) is 20.0 Å². The highest BCUT2D eigenvalue weighted by atomic mass is 16.5. The van der Waals surface area contributed by atoms with Gasteiger partial charge >= 0.3 is 5.97 Å². The van der Waals surface area contributed by atoms with Crippen LogP contribution in [0.25, 0.3) is 21.8 Å². The molecule has 346 valence electrons. The van der Waals surface area contributed by atoms with Crippen LogP contribution in [0.2, 0.25) is 0 Å². The molecule has 0 saturated carbocycles. The number of amides is 3. The van der Waals surface area contributed by atoms with Gasteiger partial charge in [0.15, 0.2) is 0 Å². The number of H-pyrrole nitrogens is 2. The second-order valence-electron chi connectivity index (χ2n) is 16.9. The number of ether oxygens (including phenoxy) is 1. The summed E-state index contributed by atoms with van der Waals surface area (Å²) in [6.07, 6.45) is 4.93. The summed E-state index contributed by atoms with van der Waals surface area (Å²) in [6, 6.07) is 35.0. The molecule has 2 fully saturated rings. The van der Waals surface area contributed by atoms with Gasteiger partial charge in [-0.3, -0.25) is 19.2 Å². The maximum atomic E-state index is 13.1. The fourth-order valence-corrected chi connectivity index (χ4v) is 8.48. The van der Waals surface area contributed by atoms with Crippen LogP contribution in [0, 0.1) is 18.8 Å². The number of carboxylic acids is 1. The molecule has 0 bridgehead atoms. The van der Waals surface area contributed by atoms with E-state index in [2.05, 4.69) is 22.2 Å². The van der Waals surface area contributed by atoms with E-state index in [9.17, 15) is 19.2 Å². The van der Waals surface area contributed by atoms with Crippen LogP contribution in [-0.2, 0) is 22.4 Å². The highest BCUT2D eigenvalue weighted by Crippen LogP contribution is 2.23. The summed E-state index contributed by atoms with van der Waals surface area (Å²) in [5.74, 6) is 1.14. The maximum Gasteiger partial charge on any atom is 0.307 e. The van der Waals surface area contributed by atoms with E-state index in [1.165, 1.54) is 12.8 Å². The lowest BCUT2D eigenvalue weighted by Gasteiger charge is -2.35. The van der Waals surface area contributed by atoms with E-state index in [1.54, 1.807) is 7.11 Å². The molecule has 2 aromatic heterocycles. The Morgan fingerprint density at radius 3 is 1.74 bits per heavy atom. The molecule has 2 atom stereocenters. The summed E-state index contributed by atoms with van der Waals surface area (Å²) in [5.41, 5.74) is 6.30. The summed E-state index contributed by atoms with van der Waals surface area (Å²) in [7, 11) is 1.64. The third-order valence-electron chi connectivity index (χ3n) is 12.1.